The molecule has 0 bridgehead atoms. The van der Waals surface area contributed by atoms with Crippen LogP contribution in [0, 0.1) is 0 Å². The van der Waals surface area contributed by atoms with E-state index in [1.807, 2.05) is 43.3 Å². The molecule has 0 saturated carbocycles. The molecule has 2 aromatic carbocycles. The molecule has 188 valence electrons. The molecule has 0 aliphatic heterocycles. The number of rotatable bonds is 12. The summed E-state index contributed by atoms with van der Waals surface area (Å²) in [5.41, 5.74) is 3.00. The smallest absolute Gasteiger partial charge is 0.407 e. The van der Waals surface area contributed by atoms with E-state index >= 15 is 0 Å². The van der Waals surface area contributed by atoms with Gasteiger partial charge >= 0.3 is 12.1 Å². The van der Waals surface area contributed by atoms with Gasteiger partial charge in [0.1, 0.15) is 18.2 Å². The number of aliphatic carboxylic acids is 1. The molecule has 0 fully saturated rings. The molecule has 0 radical (unpaired) electrons. The van der Waals surface area contributed by atoms with Crippen molar-refractivity contribution in [3.05, 3.63) is 59.7 Å². The minimum atomic E-state index is -1.42. The molecule has 0 spiro atoms. The third kappa shape index (κ3) is 6.19. The summed E-state index contributed by atoms with van der Waals surface area (Å²) in [6, 6.07) is 15.1. The van der Waals surface area contributed by atoms with Crippen LogP contribution in [-0.2, 0) is 19.1 Å². The number of carboxylic acids is 1. The Morgan fingerprint density at radius 3 is 2.20 bits per heavy atom. The topological polar surface area (TPSA) is 114 Å². The van der Waals surface area contributed by atoms with Crippen molar-refractivity contribution in [3.63, 3.8) is 0 Å². The van der Waals surface area contributed by atoms with E-state index in [9.17, 15) is 19.5 Å². The molecular weight excluding hydrogens is 448 g/mol. The summed E-state index contributed by atoms with van der Waals surface area (Å²) in [6.45, 7) is 3.84. The van der Waals surface area contributed by atoms with Gasteiger partial charge in [-0.2, -0.15) is 0 Å². The molecule has 1 aliphatic carbocycles. The number of hydrogen-bond acceptors (Lipinski definition) is 5. The Labute approximate surface area is 206 Å². The zero-order chi connectivity index (χ0) is 25.4. The molecule has 8 heteroatoms. The Morgan fingerprint density at radius 2 is 1.66 bits per heavy atom. The average molecular weight is 483 g/mol. The predicted octanol–water partition coefficient (Wildman–Crippen LogP) is 4.08. The number of carbonyl (C=O) groups excluding carboxylic acids is 2. The maximum atomic E-state index is 13.0. The van der Waals surface area contributed by atoms with Crippen molar-refractivity contribution in [3.8, 4) is 11.1 Å². The first-order valence-corrected chi connectivity index (χ1v) is 12.0. The number of benzene rings is 2. The van der Waals surface area contributed by atoms with Crippen molar-refractivity contribution in [2.45, 2.75) is 57.0 Å². The fourth-order valence-electron chi connectivity index (χ4n) is 4.56. The zero-order valence-electron chi connectivity index (χ0n) is 20.5. The first-order chi connectivity index (χ1) is 16.8. The van der Waals surface area contributed by atoms with E-state index in [0.717, 1.165) is 22.3 Å². The van der Waals surface area contributed by atoms with Crippen LogP contribution in [0.3, 0.4) is 0 Å². The number of amides is 2. The van der Waals surface area contributed by atoms with Crippen molar-refractivity contribution in [1.82, 2.24) is 10.6 Å². The number of carboxylic acid groups (broad SMARTS) is 1. The molecule has 35 heavy (non-hydrogen) atoms. The molecular formula is C27H34N2O6. The van der Waals surface area contributed by atoms with Crippen LogP contribution in [0.5, 0.6) is 0 Å². The van der Waals surface area contributed by atoms with Crippen LogP contribution in [0.1, 0.15) is 56.6 Å². The summed E-state index contributed by atoms with van der Waals surface area (Å²) >= 11 is 0. The number of methoxy groups -OCH3 is 1. The number of ether oxygens (including phenoxy) is 2. The van der Waals surface area contributed by atoms with Gasteiger partial charge < -0.3 is 25.2 Å². The monoisotopic (exact) mass is 482 g/mol. The standard InChI is InChI=1S/C27H34N2O6/c1-4-15-27(2,25(31)32)29-24(30)23(14-9-16-34-3)28-26(33)35-17-22-20-12-7-5-10-18(20)19-11-6-8-13-21(19)22/h5-8,10-13,22-23H,4,9,14-17H2,1-3H3,(H,28,33)(H,29,30)(H,31,32). The summed E-state index contributed by atoms with van der Waals surface area (Å²) in [6.07, 6.45) is 0.916. The first-order valence-electron chi connectivity index (χ1n) is 12.0. The number of carbonyl (C=O) groups is 3. The number of alkyl carbamates (subject to hydrolysis) is 1. The summed E-state index contributed by atoms with van der Waals surface area (Å²) in [4.78, 5) is 37.5. The van der Waals surface area contributed by atoms with Crippen molar-refractivity contribution in [2.75, 3.05) is 20.3 Å². The second-order valence-electron chi connectivity index (χ2n) is 9.03. The fourth-order valence-corrected chi connectivity index (χ4v) is 4.56. The van der Waals surface area contributed by atoms with E-state index in [-0.39, 0.29) is 25.4 Å². The summed E-state index contributed by atoms with van der Waals surface area (Å²) < 4.78 is 10.6. The third-order valence-electron chi connectivity index (χ3n) is 6.41. The number of nitrogens with one attached hydrogen (secondary N) is 2. The Hall–Kier alpha value is -3.39. The predicted molar refractivity (Wildman–Crippen MR) is 132 cm³/mol. The quantitative estimate of drug-likeness (QED) is 0.393. The maximum Gasteiger partial charge on any atom is 0.407 e. The molecule has 1 aliphatic rings. The normalized spacial score (nSPS) is 14.8. The van der Waals surface area contributed by atoms with Gasteiger partial charge in [-0.05, 0) is 48.4 Å². The molecule has 0 aromatic heterocycles. The summed E-state index contributed by atoms with van der Waals surface area (Å²) in [7, 11) is 1.55. The highest BCUT2D eigenvalue weighted by Gasteiger charge is 2.36. The van der Waals surface area contributed by atoms with Crippen molar-refractivity contribution in [1.29, 1.82) is 0 Å². The minimum Gasteiger partial charge on any atom is -0.480 e. The second kappa shape index (κ2) is 11.8. The highest BCUT2D eigenvalue weighted by Crippen LogP contribution is 2.44. The lowest BCUT2D eigenvalue weighted by Crippen LogP contribution is -2.57. The van der Waals surface area contributed by atoms with E-state index in [4.69, 9.17) is 9.47 Å². The van der Waals surface area contributed by atoms with Gasteiger partial charge in [-0.3, -0.25) is 4.79 Å². The van der Waals surface area contributed by atoms with E-state index in [0.29, 0.717) is 19.4 Å². The highest BCUT2D eigenvalue weighted by atomic mass is 16.5. The van der Waals surface area contributed by atoms with Crippen LogP contribution in [0.4, 0.5) is 4.79 Å². The van der Waals surface area contributed by atoms with E-state index in [2.05, 4.69) is 22.8 Å². The lowest BCUT2D eigenvalue weighted by Gasteiger charge is -2.28. The van der Waals surface area contributed by atoms with Crippen molar-refractivity contribution < 1.29 is 29.0 Å². The Morgan fingerprint density at radius 1 is 1.06 bits per heavy atom. The van der Waals surface area contributed by atoms with Crippen LogP contribution < -0.4 is 10.6 Å². The molecule has 2 amide bonds. The van der Waals surface area contributed by atoms with Gasteiger partial charge in [0.05, 0.1) is 0 Å². The van der Waals surface area contributed by atoms with Gasteiger partial charge in [-0.1, -0.05) is 61.9 Å². The molecule has 0 heterocycles. The average Bonchev–Trinajstić information content (AvgIpc) is 3.16. The summed E-state index contributed by atoms with van der Waals surface area (Å²) in [5, 5.41) is 14.8. The van der Waals surface area contributed by atoms with Gasteiger partial charge in [0.2, 0.25) is 5.91 Å². The highest BCUT2D eigenvalue weighted by molar-refractivity contribution is 5.91. The number of fused-ring (bicyclic) bond motifs is 3. The first kappa shape index (κ1) is 26.2. The van der Waals surface area contributed by atoms with Gasteiger partial charge in [-0.15, -0.1) is 0 Å². The molecule has 2 aromatic rings. The molecule has 2 unspecified atom stereocenters. The second-order valence-corrected chi connectivity index (χ2v) is 9.03. The molecule has 0 saturated heterocycles. The third-order valence-corrected chi connectivity index (χ3v) is 6.41. The minimum absolute atomic E-state index is 0.103. The van der Waals surface area contributed by atoms with Crippen LogP contribution in [-0.4, -0.2) is 55.0 Å². The van der Waals surface area contributed by atoms with Gasteiger partial charge in [-0.25, -0.2) is 9.59 Å². The van der Waals surface area contributed by atoms with Crippen LogP contribution in [0.15, 0.2) is 48.5 Å². The van der Waals surface area contributed by atoms with Crippen molar-refractivity contribution in [2.24, 2.45) is 0 Å². The fraction of sp³-hybridized carbons (Fsp3) is 0.444. The molecule has 3 rings (SSSR count). The van der Waals surface area contributed by atoms with Gasteiger partial charge in [0.25, 0.3) is 0 Å². The van der Waals surface area contributed by atoms with Crippen LogP contribution in [0.25, 0.3) is 11.1 Å². The molecule has 3 N–H and O–H groups in total. The van der Waals surface area contributed by atoms with Crippen LogP contribution >= 0.6 is 0 Å². The van der Waals surface area contributed by atoms with E-state index < -0.39 is 29.6 Å². The van der Waals surface area contributed by atoms with Crippen molar-refractivity contribution >= 4 is 18.0 Å². The van der Waals surface area contributed by atoms with Gasteiger partial charge in [0.15, 0.2) is 0 Å². The molecule has 8 nitrogen and oxygen atoms in total. The van der Waals surface area contributed by atoms with Crippen LogP contribution in [0.2, 0.25) is 0 Å². The molecule has 2 atom stereocenters. The van der Waals surface area contributed by atoms with E-state index in [1.54, 1.807) is 7.11 Å². The lowest BCUT2D eigenvalue weighted by atomic mass is 9.95. The zero-order valence-corrected chi connectivity index (χ0v) is 20.5. The number of hydrogen-bond donors (Lipinski definition) is 3. The Bertz CT molecular complexity index is 1010. The lowest BCUT2D eigenvalue weighted by molar-refractivity contribution is -0.147. The Kier molecular flexibility index (Phi) is 8.87. The summed E-state index contributed by atoms with van der Waals surface area (Å²) in [5.74, 6) is -1.79. The Balaban J connectivity index is 1.68. The largest absolute Gasteiger partial charge is 0.480 e. The van der Waals surface area contributed by atoms with E-state index in [1.165, 1.54) is 6.92 Å². The van der Waals surface area contributed by atoms with Gasteiger partial charge in [0, 0.05) is 19.6 Å². The SMILES string of the molecule is CCCC(C)(NC(=O)C(CCCOC)NC(=O)OCC1c2ccccc2-c2ccccc21)C(=O)O. The maximum absolute atomic E-state index is 13.0.